The van der Waals surface area contributed by atoms with Crippen LogP contribution >= 0.6 is 0 Å². The van der Waals surface area contributed by atoms with Crippen LogP contribution in [-0.4, -0.2) is 58.8 Å². The predicted molar refractivity (Wildman–Crippen MR) is 125 cm³/mol. The molecule has 1 aliphatic carbocycles. The number of aryl methyl sites for hydroxylation is 1. The van der Waals surface area contributed by atoms with E-state index in [9.17, 15) is 4.79 Å². The van der Waals surface area contributed by atoms with Crippen molar-refractivity contribution in [2.45, 2.75) is 32.7 Å². The minimum atomic E-state index is 0.0829. The van der Waals surface area contributed by atoms with E-state index in [1.807, 2.05) is 33.8 Å². The van der Waals surface area contributed by atoms with Gasteiger partial charge in [0, 0.05) is 44.0 Å². The number of rotatable bonds is 5. The highest BCUT2D eigenvalue weighted by Gasteiger charge is 2.31. The number of benzene rings is 2. The maximum absolute atomic E-state index is 13.4. The average molecular weight is 431 g/mol. The van der Waals surface area contributed by atoms with Gasteiger partial charge in [-0.05, 0) is 55.5 Å². The summed E-state index contributed by atoms with van der Waals surface area (Å²) in [6, 6.07) is 16.5. The summed E-state index contributed by atoms with van der Waals surface area (Å²) in [6.07, 6.45) is 3.02. The first kappa shape index (κ1) is 20.8. The highest BCUT2D eigenvalue weighted by Crippen LogP contribution is 2.29. The molecule has 1 fully saturated rings. The smallest absolute Gasteiger partial charge is 0.274 e. The fourth-order valence-electron chi connectivity index (χ4n) is 4.86. The van der Waals surface area contributed by atoms with Crippen LogP contribution in [-0.2, 0) is 19.4 Å². The molecule has 1 aliphatic heterocycles. The zero-order valence-electron chi connectivity index (χ0n) is 18.9. The summed E-state index contributed by atoms with van der Waals surface area (Å²) in [5.41, 5.74) is 6.54. The predicted octanol–water partition coefficient (Wildman–Crippen LogP) is 3.64. The number of carbonyl (C=O) groups excluding carboxylic acids is 1. The second kappa shape index (κ2) is 8.79. The summed E-state index contributed by atoms with van der Waals surface area (Å²) >= 11 is 0. The molecule has 0 spiro atoms. The molecule has 6 nitrogen and oxygen atoms in total. The van der Waals surface area contributed by atoms with Crippen molar-refractivity contribution < 1.29 is 9.53 Å². The third-order valence-electron chi connectivity index (χ3n) is 6.70. The van der Waals surface area contributed by atoms with Gasteiger partial charge in [0.1, 0.15) is 5.75 Å². The van der Waals surface area contributed by atoms with Crippen molar-refractivity contribution in [2.24, 2.45) is 0 Å². The lowest BCUT2D eigenvalue weighted by Gasteiger charge is -2.34. The van der Waals surface area contributed by atoms with Gasteiger partial charge in [-0.25, -0.2) is 4.68 Å². The molecule has 5 rings (SSSR count). The molecule has 1 amide bonds. The van der Waals surface area contributed by atoms with Gasteiger partial charge in [-0.3, -0.25) is 9.69 Å². The normalized spacial score (nSPS) is 16.2. The molecule has 0 atom stereocenters. The Hall–Kier alpha value is -3.12. The van der Waals surface area contributed by atoms with Gasteiger partial charge in [0.15, 0.2) is 5.69 Å². The van der Waals surface area contributed by atoms with Crippen LogP contribution in [0.15, 0.2) is 48.5 Å². The molecule has 2 aromatic carbocycles. The highest BCUT2D eigenvalue weighted by molar-refractivity contribution is 5.94. The van der Waals surface area contributed by atoms with E-state index in [4.69, 9.17) is 9.84 Å². The largest absolute Gasteiger partial charge is 0.497 e. The van der Waals surface area contributed by atoms with Crippen molar-refractivity contribution in [3.8, 4) is 11.4 Å². The minimum Gasteiger partial charge on any atom is -0.497 e. The third-order valence-corrected chi connectivity index (χ3v) is 6.70. The van der Waals surface area contributed by atoms with Gasteiger partial charge in [-0.1, -0.05) is 30.3 Å². The molecular formula is C26H30N4O2. The Kier molecular flexibility index (Phi) is 5.70. The molecule has 3 aromatic rings. The average Bonchev–Trinajstić information content (AvgIpc) is 3.43. The van der Waals surface area contributed by atoms with Gasteiger partial charge in [0.2, 0.25) is 0 Å². The molecule has 0 unspecified atom stereocenters. The number of methoxy groups -OCH3 is 1. The van der Waals surface area contributed by atoms with Gasteiger partial charge in [0.05, 0.1) is 12.8 Å². The van der Waals surface area contributed by atoms with E-state index >= 15 is 0 Å². The van der Waals surface area contributed by atoms with Crippen molar-refractivity contribution in [1.82, 2.24) is 19.6 Å². The van der Waals surface area contributed by atoms with Crippen molar-refractivity contribution in [1.29, 1.82) is 0 Å². The summed E-state index contributed by atoms with van der Waals surface area (Å²) in [6.45, 7) is 6.21. The minimum absolute atomic E-state index is 0.0829. The first-order valence-electron chi connectivity index (χ1n) is 11.5. The summed E-state index contributed by atoms with van der Waals surface area (Å²) in [5, 5.41) is 4.84. The molecule has 166 valence electrons. The molecule has 0 radical (unpaired) electrons. The van der Waals surface area contributed by atoms with Crippen LogP contribution in [0.4, 0.5) is 0 Å². The van der Waals surface area contributed by atoms with Crippen LogP contribution in [0.2, 0.25) is 0 Å². The lowest BCUT2D eigenvalue weighted by atomic mass is 10.1. The first-order chi connectivity index (χ1) is 15.6. The van der Waals surface area contributed by atoms with Crippen LogP contribution in [0.3, 0.4) is 0 Å². The third kappa shape index (κ3) is 3.91. The Labute approximate surface area is 189 Å². The lowest BCUT2D eigenvalue weighted by molar-refractivity contribution is 0.0621. The number of carbonyl (C=O) groups is 1. The summed E-state index contributed by atoms with van der Waals surface area (Å²) in [4.78, 5) is 17.8. The van der Waals surface area contributed by atoms with E-state index in [-0.39, 0.29) is 5.91 Å². The molecule has 1 aromatic heterocycles. The Morgan fingerprint density at radius 1 is 1.00 bits per heavy atom. The number of amides is 1. The zero-order valence-corrected chi connectivity index (χ0v) is 18.9. The Morgan fingerprint density at radius 3 is 2.47 bits per heavy atom. The number of hydrogen-bond acceptors (Lipinski definition) is 4. The fourth-order valence-corrected chi connectivity index (χ4v) is 4.86. The van der Waals surface area contributed by atoms with Crippen molar-refractivity contribution in [3.05, 3.63) is 76.6 Å². The van der Waals surface area contributed by atoms with E-state index < -0.39 is 0 Å². The molecule has 0 bridgehead atoms. The Balaban J connectivity index is 1.28. The van der Waals surface area contributed by atoms with Crippen LogP contribution in [0, 0.1) is 6.92 Å². The number of para-hydroxylation sites is 1. The van der Waals surface area contributed by atoms with Crippen LogP contribution < -0.4 is 4.74 Å². The maximum Gasteiger partial charge on any atom is 0.274 e. The fraction of sp³-hybridized carbons (Fsp3) is 0.385. The Morgan fingerprint density at radius 2 is 1.75 bits per heavy atom. The van der Waals surface area contributed by atoms with Crippen LogP contribution in [0.25, 0.3) is 5.69 Å². The molecular weight excluding hydrogens is 400 g/mol. The van der Waals surface area contributed by atoms with E-state index in [0.29, 0.717) is 5.69 Å². The topological polar surface area (TPSA) is 50.6 Å². The van der Waals surface area contributed by atoms with Gasteiger partial charge in [-0.15, -0.1) is 0 Å². The summed E-state index contributed by atoms with van der Waals surface area (Å²) in [5.74, 6) is 0.960. The molecule has 0 saturated carbocycles. The number of aromatic nitrogens is 2. The second-order valence-electron chi connectivity index (χ2n) is 8.74. The summed E-state index contributed by atoms with van der Waals surface area (Å²) in [7, 11) is 1.69. The summed E-state index contributed by atoms with van der Waals surface area (Å²) < 4.78 is 7.26. The quantitative estimate of drug-likeness (QED) is 0.620. The number of nitrogens with zero attached hydrogens (tertiary/aromatic N) is 4. The van der Waals surface area contributed by atoms with Gasteiger partial charge in [0.25, 0.3) is 5.91 Å². The lowest BCUT2D eigenvalue weighted by Crippen LogP contribution is -2.48. The van der Waals surface area contributed by atoms with Crippen molar-refractivity contribution >= 4 is 5.91 Å². The van der Waals surface area contributed by atoms with Crippen molar-refractivity contribution in [2.75, 3.05) is 33.3 Å². The monoisotopic (exact) mass is 430 g/mol. The SMILES string of the molecule is COc1ccc(CN2CCN(C(=O)c3nn(-c4ccccc4C)c4c3CCC4)CC2)cc1. The number of hydrogen-bond donors (Lipinski definition) is 0. The first-order valence-corrected chi connectivity index (χ1v) is 11.5. The zero-order chi connectivity index (χ0) is 22.1. The molecule has 1 saturated heterocycles. The van der Waals surface area contributed by atoms with Crippen LogP contribution in [0.5, 0.6) is 5.75 Å². The number of ether oxygens (including phenoxy) is 1. The molecule has 2 heterocycles. The number of fused-ring (bicyclic) bond motifs is 1. The number of piperazine rings is 1. The molecule has 2 aliphatic rings. The molecule has 0 N–H and O–H groups in total. The Bertz CT molecular complexity index is 1110. The van der Waals surface area contributed by atoms with E-state index in [1.54, 1.807) is 7.11 Å². The second-order valence-corrected chi connectivity index (χ2v) is 8.74. The highest BCUT2D eigenvalue weighted by atomic mass is 16.5. The van der Waals surface area contributed by atoms with Gasteiger partial charge in [-0.2, -0.15) is 5.10 Å². The van der Waals surface area contributed by atoms with Gasteiger partial charge >= 0.3 is 0 Å². The van der Waals surface area contributed by atoms with Crippen molar-refractivity contribution in [3.63, 3.8) is 0 Å². The van der Waals surface area contributed by atoms with Crippen LogP contribution in [0.1, 0.15) is 39.3 Å². The molecule has 32 heavy (non-hydrogen) atoms. The van der Waals surface area contributed by atoms with E-state index in [0.717, 1.165) is 69.0 Å². The molecule has 6 heteroatoms. The standard InChI is InChI=1S/C26H30N4O2/c1-19-6-3-4-8-23(19)30-24-9-5-7-22(24)25(27-30)26(31)29-16-14-28(15-17-29)18-20-10-12-21(32-2)13-11-20/h3-4,6,8,10-13H,5,7,9,14-18H2,1-2H3. The maximum atomic E-state index is 13.4. The van der Waals surface area contributed by atoms with E-state index in [1.165, 1.54) is 16.8 Å². The van der Waals surface area contributed by atoms with E-state index in [2.05, 4.69) is 36.1 Å². The van der Waals surface area contributed by atoms with Gasteiger partial charge < -0.3 is 9.64 Å².